The molecule has 0 saturated heterocycles. The number of benzene rings is 1. The van der Waals surface area contributed by atoms with E-state index in [-0.39, 0.29) is 6.10 Å². The molecule has 0 aliphatic rings. The number of carbonyl (C=O) groups is 1. The normalized spacial score (nSPS) is 12.6. The first-order valence-corrected chi connectivity index (χ1v) is 7.31. The Morgan fingerprint density at radius 1 is 1.11 bits per heavy atom. The zero-order chi connectivity index (χ0) is 13.9. The van der Waals surface area contributed by atoms with Gasteiger partial charge in [0.1, 0.15) is 6.29 Å². The molecule has 2 nitrogen and oxygen atoms in total. The van der Waals surface area contributed by atoms with Gasteiger partial charge in [0.2, 0.25) is 0 Å². The van der Waals surface area contributed by atoms with E-state index >= 15 is 0 Å². The van der Waals surface area contributed by atoms with Crippen LogP contribution in [0.2, 0.25) is 0 Å². The molecule has 0 saturated carbocycles. The molecule has 0 N–H and O–H groups in total. The molecule has 0 aliphatic carbocycles. The Hall–Kier alpha value is -1.15. The van der Waals surface area contributed by atoms with Crippen molar-refractivity contribution in [1.82, 2.24) is 0 Å². The third-order valence-electron chi connectivity index (χ3n) is 3.24. The Morgan fingerprint density at radius 2 is 1.84 bits per heavy atom. The first kappa shape index (κ1) is 15.9. The molecule has 0 unspecified atom stereocenters. The fourth-order valence-corrected chi connectivity index (χ4v) is 2.11. The molecule has 1 atom stereocenters. The van der Waals surface area contributed by atoms with Crippen molar-refractivity contribution in [2.24, 2.45) is 5.92 Å². The maximum atomic E-state index is 10.5. The van der Waals surface area contributed by atoms with Gasteiger partial charge in [0.25, 0.3) is 0 Å². The van der Waals surface area contributed by atoms with E-state index in [9.17, 15) is 4.79 Å². The van der Waals surface area contributed by atoms with Crippen molar-refractivity contribution in [2.75, 3.05) is 0 Å². The standard InChI is InChI=1S/C17H26O2/c1-15(2)8-6-11-17(12-7-13-18)19-14-16-9-4-3-5-10-16/h3-5,9-10,13,15,17H,6-8,11-12,14H2,1-2H3/t17-/m1/s1. The van der Waals surface area contributed by atoms with Gasteiger partial charge in [-0.1, -0.05) is 57.0 Å². The van der Waals surface area contributed by atoms with E-state index in [2.05, 4.69) is 26.0 Å². The smallest absolute Gasteiger partial charge is 0.120 e. The predicted molar refractivity (Wildman–Crippen MR) is 79.0 cm³/mol. The minimum absolute atomic E-state index is 0.212. The van der Waals surface area contributed by atoms with Crippen molar-refractivity contribution in [3.63, 3.8) is 0 Å². The summed E-state index contributed by atoms with van der Waals surface area (Å²) in [5.74, 6) is 0.737. The second kappa shape index (κ2) is 9.74. The number of ether oxygens (including phenoxy) is 1. The minimum atomic E-state index is 0.212. The lowest BCUT2D eigenvalue weighted by atomic mass is 10.0. The second-order valence-corrected chi connectivity index (χ2v) is 5.49. The zero-order valence-electron chi connectivity index (χ0n) is 12.2. The van der Waals surface area contributed by atoms with E-state index in [1.165, 1.54) is 18.4 Å². The Kier molecular flexibility index (Phi) is 8.15. The number of aldehydes is 1. The highest BCUT2D eigenvalue weighted by Crippen LogP contribution is 2.15. The first-order chi connectivity index (χ1) is 9.22. The van der Waals surface area contributed by atoms with Gasteiger partial charge in [0, 0.05) is 6.42 Å². The highest BCUT2D eigenvalue weighted by molar-refractivity contribution is 5.49. The lowest BCUT2D eigenvalue weighted by Crippen LogP contribution is -2.13. The van der Waals surface area contributed by atoms with Gasteiger partial charge in [0.05, 0.1) is 12.7 Å². The van der Waals surface area contributed by atoms with Crippen LogP contribution in [0.1, 0.15) is 51.5 Å². The van der Waals surface area contributed by atoms with Crippen LogP contribution >= 0.6 is 0 Å². The van der Waals surface area contributed by atoms with Crippen LogP contribution < -0.4 is 0 Å². The van der Waals surface area contributed by atoms with Gasteiger partial charge in [-0.15, -0.1) is 0 Å². The van der Waals surface area contributed by atoms with E-state index < -0.39 is 0 Å². The average Bonchev–Trinajstić information content (AvgIpc) is 2.42. The molecule has 0 fully saturated rings. The molecule has 0 spiro atoms. The summed E-state index contributed by atoms with van der Waals surface area (Å²) in [4.78, 5) is 10.5. The maximum Gasteiger partial charge on any atom is 0.120 e. The van der Waals surface area contributed by atoms with Gasteiger partial charge in [-0.05, 0) is 24.3 Å². The number of rotatable bonds is 10. The summed E-state index contributed by atoms with van der Waals surface area (Å²) in [6.45, 7) is 5.13. The van der Waals surface area contributed by atoms with Crippen LogP contribution in [-0.2, 0) is 16.1 Å². The molecule has 0 heterocycles. The summed E-state index contributed by atoms with van der Waals surface area (Å²) in [6.07, 6.45) is 6.10. The largest absolute Gasteiger partial charge is 0.374 e. The van der Waals surface area contributed by atoms with Gasteiger partial charge in [-0.25, -0.2) is 0 Å². The summed E-state index contributed by atoms with van der Waals surface area (Å²) in [7, 11) is 0. The van der Waals surface area contributed by atoms with Gasteiger partial charge in [0.15, 0.2) is 0 Å². The molecular formula is C17H26O2. The molecule has 0 aliphatic heterocycles. The summed E-state index contributed by atoms with van der Waals surface area (Å²) < 4.78 is 5.95. The highest BCUT2D eigenvalue weighted by Gasteiger charge is 2.09. The Bertz CT molecular complexity index is 332. The molecule has 19 heavy (non-hydrogen) atoms. The molecule has 0 aromatic heterocycles. The molecule has 106 valence electrons. The number of carbonyl (C=O) groups excluding carboxylic acids is 1. The molecule has 2 heteroatoms. The molecule has 0 bridgehead atoms. The van der Waals surface area contributed by atoms with E-state index in [0.29, 0.717) is 13.0 Å². The monoisotopic (exact) mass is 262 g/mol. The summed E-state index contributed by atoms with van der Waals surface area (Å²) in [5.41, 5.74) is 1.20. The Labute approximate surface area is 117 Å². The van der Waals surface area contributed by atoms with E-state index in [4.69, 9.17) is 4.74 Å². The Morgan fingerprint density at radius 3 is 2.47 bits per heavy atom. The molecule has 1 rings (SSSR count). The molecular weight excluding hydrogens is 236 g/mol. The van der Waals surface area contributed by atoms with Crippen LogP contribution in [0.25, 0.3) is 0 Å². The van der Waals surface area contributed by atoms with Crippen molar-refractivity contribution in [2.45, 2.75) is 58.7 Å². The van der Waals surface area contributed by atoms with Crippen molar-refractivity contribution in [1.29, 1.82) is 0 Å². The van der Waals surface area contributed by atoms with Gasteiger partial charge < -0.3 is 9.53 Å². The van der Waals surface area contributed by atoms with Crippen molar-refractivity contribution in [3.05, 3.63) is 35.9 Å². The first-order valence-electron chi connectivity index (χ1n) is 7.31. The molecule has 0 radical (unpaired) electrons. The summed E-state index contributed by atoms with van der Waals surface area (Å²) >= 11 is 0. The van der Waals surface area contributed by atoms with Crippen molar-refractivity contribution < 1.29 is 9.53 Å². The lowest BCUT2D eigenvalue weighted by Gasteiger charge is -2.17. The van der Waals surface area contributed by atoms with Crippen LogP contribution in [-0.4, -0.2) is 12.4 Å². The number of hydrogen-bond acceptors (Lipinski definition) is 2. The van der Waals surface area contributed by atoms with Crippen molar-refractivity contribution >= 4 is 6.29 Å². The topological polar surface area (TPSA) is 26.3 Å². The average molecular weight is 262 g/mol. The van der Waals surface area contributed by atoms with Gasteiger partial charge in [-0.3, -0.25) is 0 Å². The molecule has 0 amide bonds. The van der Waals surface area contributed by atoms with Gasteiger partial charge >= 0.3 is 0 Å². The summed E-state index contributed by atoms with van der Waals surface area (Å²) in [6, 6.07) is 10.2. The quantitative estimate of drug-likeness (QED) is 0.585. The number of hydrogen-bond donors (Lipinski definition) is 0. The minimum Gasteiger partial charge on any atom is -0.374 e. The summed E-state index contributed by atoms with van der Waals surface area (Å²) in [5, 5.41) is 0. The maximum absolute atomic E-state index is 10.5. The van der Waals surface area contributed by atoms with Gasteiger partial charge in [-0.2, -0.15) is 0 Å². The van der Waals surface area contributed by atoms with Crippen LogP contribution in [0.3, 0.4) is 0 Å². The fourth-order valence-electron chi connectivity index (χ4n) is 2.11. The molecule has 1 aromatic carbocycles. The van der Waals surface area contributed by atoms with E-state index in [1.54, 1.807) is 0 Å². The lowest BCUT2D eigenvalue weighted by molar-refractivity contribution is -0.108. The fraction of sp³-hybridized carbons (Fsp3) is 0.588. The highest BCUT2D eigenvalue weighted by atomic mass is 16.5. The second-order valence-electron chi connectivity index (χ2n) is 5.49. The van der Waals surface area contributed by atoms with Crippen LogP contribution in [0.5, 0.6) is 0 Å². The zero-order valence-corrected chi connectivity index (χ0v) is 12.2. The van der Waals surface area contributed by atoms with Crippen molar-refractivity contribution in [3.8, 4) is 0 Å². The SMILES string of the molecule is CC(C)CCC[C@H](CCC=O)OCc1ccccc1. The van der Waals surface area contributed by atoms with E-state index in [1.807, 2.05) is 18.2 Å². The van der Waals surface area contributed by atoms with Crippen LogP contribution in [0, 0.1) is 5.92 Å². The van der Waals surface area contributed by atoms with Crippen LogP contribution in [0.15, 0.2) is 30.3 Å². The predicted octanol–water partition coefficient (Wildman–Crippen LogP) is 4.38. The molecule has 1 aromatic rings. The third kappa shape index (κ3) is 7.78. The Balaban J connectivity index is 2.33. The van der Waals surface area contributed by atoms with Crippen LogP contribution in [0.4, 0.5) is 0 Å². The van der Waals surface area contributed by atoms with E-state index in [0.717, 1.165) is 25.0 Å². The third-order valence-corrected chi connectivity index (χ3v) is 3.24.